The Bertz CT molecular complexity index is 1070. The van der Waals surface area contributed by atoms with Crippen molar-refractivity contribution in [3.05, 3.63) is 100 Å². The van der Waals surface area contributed by atoms with E-state index in [1.54, 1.807) is 12.0 Å². The SMILES string of the molecule is COc1ccc(C2=N/C(=C/c3ccccc3)C(=O)N2c2cccc(Br)c2)cc1. The van der Waals surface area contributed by atoms with E-state index in [1.807, 2.05) is 84.9 Å². The van der Waals surface area contributed by atoms with Crippen LogP contribution in [0.25, 0.3) is 6.08 Å². The van der Waals surface area contributed by atoms with Gasteiger partial charge in [0.15, 0.2) is 0 Å². The first-order valence-electron chi connectivity index (χ1n) is 8.75. The van der Waals surface area contributed by atoms with Crippen molar-refractivity contribution in [3.8, 4) is 5.75 Å². The monoisotopic (exact) mass is 432 g/mol. The topological polar surface area (TPSA) is 41.9 Å². The molecule has 0 saturated carbocycles. The van der Waals surface area contributed by atoms with Crippen LogP contribution in [0.3, 0.4) is 0 Å². The van der Waals surface area contributed by atoms with Crippen molar-refractivity contribution < 1.29 is 9.53 Å². The molecule has 0 radical (unpaired) electrons. The molecule has 0 saturated heterocycles. The predicted octanol–water partition coefficient (Wildman–Crippen LogP) is 5.29. The summed E-state index contributed by atoms with van der Waals surface area (Å²) in [6, 6.07) is 24.9. The number of aliphatic imine (C=N–C) groups is 1. The first-order valence-corrected chi connectivity index (χ1v) is 9.55. The summed E-state index contributed by atoms with van der Waals surface area (Å²) in [5.74, 6) is 1.18. The molecule has 28 heavy (non-hydrogen) atoms. The van der Waals surface area contributed by atoms with Crippen molar-refractivity contribution in [3.63, 3.8) is 0 Å². The summed E-state index contributed by atoms with van der Waals surface area (Å²) in [6.07, 6.45) is 1.81. The molecule has 4 rings (SSSR count). The van der Waals surface area contributed by atoms with E-state index in [9.17, 15) is 4.79 Å². The number of ether oxygens (including phenoxy) is 1. The molecule has 1 aliphatic heterocycles. The van der Waals surface area contributed by atoms with Crippen molar-refractivity contribution in [1.29, 1.82) is 0 Å². The highest BCUT2D eigenvalue weighted by atomic mass is 79.9. The fourth-order valence-electron chi connectivity index (χ4n) is 3.01. The van der Waals surface area contributed by atoms with Crippen molar-refractivity contribution in [2.45, 2.75) is 0 Å². The van der Waals surface area contributed by atoms with Crippen LogP contribution in [0.15, 0.2) is 94.0 Å². The number of anilines is 1. The second-order valence-corrected chi connectivity index (χ2v) is 7.14. The summed E-state index contributed by atoms with van der Waals surface area (Å²) >= 11 is 3.48. The Hall–Kier alpha value is -3.18. The molecular weight excluding hydrogens is 416 g/mol. The number of nitrogens with zero attached hydrogens (tertiary/aromatic N) is 2. The molecule has 4 nitrogen and oxygen atoms in total. The molecule has 3 aromatic rings. The first-order chi connectivity index (χ1) is 13.7. The van der Waals surface area contributed by atoms with Crippen LogP contribution in [-0.4, -0.2) is 18.9 Å². The molecule has 3 aromatic carbocycles. The smallest absolute Gasteiger partial charge is 0.282 e. The Kier molecular flexibility index (Phi) is 5.08. The molecule has 1 heterocycles. The molecular formula is C23H17BrN2O2. The van der Waals surface area contributed by atoms with Crippen LogP contribution in [0.2, 0.25) is 0 Å². The van der Waals surface area contributed by atoms with E-state index >= 15 is 0 Å². The highest BCUT2D eigenvalue weighted by Gasteiger charge is 2.32. The maximum atomic E-state index is 13.2. The quantitative estimate of drug-likeness (QED) is 0.525. The first kappa shape index (κ1) is 18.2. The minimum Gasteiger partial charge on any atom is -0.497 e. The molecule has 0 fully saturated rings. The lowest BCUT2D eigenvalue weighted by Crippen LogP contribution is -2.32. The molecule has 138 valence electrons. The van der Waals surface area contributed by atoms with Crippen molar-refractivity contribution in [2.75, 3.05) is 12.0 Å². The van der Waals surface area contributed by atoms with Crippen LogP contribution in [0.4, 0.5) is 5.69 Å². The van der Waals surface area contributed by atoms with Crippen LogP contribution in [0.5, 0.6) is 5.75 Å². The molecule has 0 spiro atoms. The number of hydrogen-bond donors (Lipinski definition) is 0. The minimum atomic E-state index is -0.159. The number of methoxy groups -OCH3 is 1. The molecule has 5 heteroatoms. The largest absolute Gasteiger partial charge is 0.497 e. The van der Waals surface area contributed by atoms with Gasteiger partial charge in [0.2, 0.25) is 0 Å². The van der Waals surface area contributed by atoms with E-state index in [-0.39, 0.29) is 5.91 Å². The number of amides is 1. The van der Waals surface area contributed by atoms with E-state index in [0.717, 1.165) is 27.0 Å². The number of amidine groups is 1. The lowest BCUT2D eigenvalue weighted by Gasteiger charge is -2.19. The fourth-order valence-corrected chi connectivity index (χ4v) is 3.40. The molecule has 0 unspecified atom stereocenters. The van der Waals surface area contributed by atoms with Gasteiger partial charge in [-0.25, -0.2) is 4.99 Å². The summed E-state index contributed by atoms with van der Waals surface area (Å²) < 4.78 is 6.14. The van der Waals surface area contributed by atoms with Crippen molar-refractivity contribution in [2.24, 2.45) is 4.99 Å². The molecule has 1 amide bonds. The maximum Gasteiger partial charge on any atom is 0.282 e. The van der Waals surface area contributed by atoms with E-state index in [0.29, 0.717) is 11.5 Å². The van der Waals surface area contributed by atoms with Gasteiger partial charge in [0.05, 0.1) is 12.8 Å². The number of carbonyl (C=O) groups is 1. The third-order valence-electron chi connectivity index (χ3n) is 4.38. The molecule has 0 aliphatic carbocycles. The minimum absolute atomic E-state index is 0.159. The summed E-state index contributed by atoms with van der Waals surface area (Å²) in [5, 5.41) is 0. The summed E-state index contributed by atoms with van der Waals surface area (Å²) in [7, 11) is 1.63. The van der Waals surface area contributed by atoms with Gasteiger partial charge in [0.1, 0.15) is 17.3 Å². The van der Waals surface area contributed by atoms with Crippen LogP contribution >= 0.6 is 15.9 Å². The number of rotatable bonds is 4. The van der Waals surface area contributed by atoms with Gasteiger partial charge in [-0.2, -0.15) is 0 Å². The lowest BCUT2D eigenvalue weighted by atomic mass is 10.1. The zero-order valence-corrected chi connectivity index (χ0v) is 16.8. The summed E-state index contributed by atoms with van der Waals surface area (Å²) in [4.78, 5) is 19.5. The number of carbonyl (C=O) groups excluding carboxylic acids is 1. The molecule has 0 atom stereocenters. The fraction of sp³-hybridized carbons (Fsp3) is 0.0435. The molecule has 0 aromatic heterocycles. The molecule has 1 aliphatic rings. The summed E-state index contributed by atoms with van der Waals surface area (Å²) in [5.41, 5.74) is 2.92. The highest BCUT2D eigenvalue weighted by Crippen LogP contribution is 2.30. The molecule has 0 bridgehead atoms. The van der Waals surface area contributed by atoms with Crippen LogP contribution < -0.4 is 9.64 Å². The van der Waals surface area contributed by atoms with Gasteiger partial charge in [-0.15, -0.1) is 0 Å². The normalized spacial score (nSPS) is 15.1. The van der Waals surface area contributed by atoms with Crippen LogP contribution in [-0.2, 0) is 4.79 Å². The predicted molar refractivity (Wildman–Crippen MR) is 116 cm³/mol. The Morgan fingerprint density at radius 3 is 2.39 bits per heavy atom. The number of hydrogen-bond acceptors (Lipinski definition) is 3. The van der Waals surface area contributed by atoms with E-state index in [1.165, 1.54) is 0 Å². The Labute approximate surface area is 171 Å². The summed E-state index contributed by atoms with van der Waals surface area (Å²) in [6.45, 7) is 0. The van der Waals surface area contributed by atoms with Gasteiger partial charge < -0.3 is 4.74 Å². The second-order valence-electron chi connectivity index (χ2n) is 6.22. The van der Waals surface area contributed by atoms with Crippen LogP contribution in [0, 0.1) is 0 Å². The average molecular weight is 433 g/mol. The van der Waals surface area contributed by atoms with Crippen molar-refractivity contribution in [1.82, 2.24) is 0 Å². The van der Waals surface area contributed by atoms with Gasteiger partial charge in [-0.05, 0) is 54.1 Å². The lowest BCUT2D eigenvalue weighted by molar-refractivity contribution is -0.113. The highest BCUT2D eigenvalue weighted by molar-refractivity contribution is 9.10. The molecule has 0 N–H and O–H groups in total. The number of halogens is 1. The Morgan fingerprint density at radius 2 is 1.71 bits per heavy atom. The Balaban J connectivity index is 1.82. The zero-order valence-electron chi connectivity index (χ0n) is 15.2. The van der Waals surface area contributed by atoms with Gasteiger partial charge in [-0.3, -0.25) is 9.69 Å². The Morgan fingerprint density at radius 1 is 0.964 bits per heavy atom. The number of benzene rings is 3. The van der Waals surface area contributed by atoms with Gasteiger partial charge in [0.25, 0.3) is 5.91 Å². The van der Waals surface area contributed by atoms with E-state index < -0.39 is 0 Å². The van der Waals surface area contributed by atoms with Crippen LogP contribution in [0.1, 0.15) is 11.1 Å². The van der Waals surface area contributed by atoms with E-state index in [4.69, 9.17) is 4.74 Å². The van der Waals surface area contributed by atoms with Crippen molar-refractivity contribution >= 4 is 39.4 Å². The maximum absolute atomic E-state index is 13.2. The third kappa shape index (κ3) is 3.62. The zero-order chi connectivity index (χ0) is 19.5. The van der Waals surface area contributed by atoms with Gasteiger partial charge in [-0.1, -0.05) is 52.3 Å². The second kappa shape index (κ2) is 7.82. The van der Waals surface area contributed by atoms with E-state index in [2.05, 4.69) is 20.9 Å². The standard InChI is InChI=1S/C23H17BrN2O2/c1-28-20-12-10-17(11-13-20)22-25-21(14-16-6-3-2-4-7-16)23(27)26(22)19-9-5-8-18(24)15-19/h2-15H,1H3/b21-14+. The third-order valence-corrected chi connectivity index (χ3v) is 4.87. The average Bonchev–Trinajstić information content (AvgIpc) is 3.05. The van der Waals surface area contributed by atoms with Gasteiger partial charge in [0, 0.05) is 10.0 Å². The van der Waals surface area contributed by atoms with Gasteiger partial charge >= 0.3 is 0 Å².